The number of carbonyl (C=O) groups is 3. The number of hydrogen-bond donors (Lipinski definition) is 0. The molecule has 0 bridgehead atoms. The van der Waals surface area contributed by atoms with Crippen LogP contribution in [-0.2, 0) is 11.3 Å². The van der Waals surface area contributed by atoms with Crippen LogP contribution in [0.25, 0.3) is 17.4 Å². The summed E-state index contributed by atoms with van der Waals surface area (Å²) in [6.45, 7) is 0.0434. The van der Waals surface area contributed by atoms with Crippen LogP contribution in [0, 0.1) is 5.82 Å². The zero-order valence-corrected chi connectivity index (χ0v) is 16.1. The Hall–Kier alpha value is -3.65. The van der Waals surface area contributed by atoms with Crippen molar-refractivity contribution in [1.29, 1.82) is 0 Å². The van der Waals surface area contributed by atoms with E-state index in [1.807, 2.05) is 0 Å². The van der Waals surface area contributed by atoms with Crippen LogP contribution in [0.4, 0.5) is 9.18 Å². The first-order chi connectivity index (χ1) is 14.4. The molecular weight excluding hydrogens is 409 g/mol. The highest BCUT2D eigenvalue weighted by Gasteiger charge is 2.35. The lowest BCUT2D eigenvalue weighted by Gasteiger charge is -2.12. The lowest BCUT2D eigenvalue weighted by molar-refractivity contribution is -0.255. The van der Waals surface area contributed by atoms with Crippen molar-refractivity contribution in [3.8, 4) is 11.3 Å². The summed E-state index contributed by atoms with van der Waals surface area (Å²) in [7, 11) is 0. The summed E-state index contributed by atoms with van der Waals surface area (Å²) in [5, 5.41) is 10.6. The molecule has 1 saturated heterocycles. The maximum absolute atomic E-state index is 13.0. The number of aromatic carboxylic acids is 1. The fraction of sp³-hybridized carbons (Fsp3) is 0.0455. The van der Waals surface area contributed by atoms with E-state index in [4.69, 9.17) is 4.42 Å². The fourth-order valence-corrected chi connectivity index (χ4v) is 3.74. The zero-order valence-electron chi connectivity index (χ0n) is 15.3. The third kappa shape index (κ3) is 4.04. The van der Waals surface area contributed by atoms with E-state index in [0.717, 1.165) is 16.7 Å². The number of amides is 2. The normalized spacial score (nSPS) is 15.2. The first kappa shape index (κ1) is 19.7. The van der Waals surface area contributed by atoms with Gasteiger partial charge in [0.25, 0.3) is 11.1 Å². The second-order valence-electron chi connectivity index (χ2n) is 6.46. The third-order valence-electron chi connectivity index (χ3n) is 4.41. The summed E-state index contributed by atoms with van der Waals surface area (Å²) in [6.07, 6.45) is 1.46. The molecule has 0 aliphatic carbocycles. The molecule has 6 nitrogen and oxygen atoms in total. The minimum atomic E-state index is -1.29. The average molecular weight is 422 g/mol. The van der Waals surface area contributed by atoms with Crippen LogP contribution in [0.1, 0.15) is 21.7 Å². The van der Waals surface area contributed by atoms with E-state index in [1.165, 1.54) is 42.5 Å². The van der Waals surface area contributed by atoms with E-state index >= 15 is 0 Å². The van der Waals surface area contributed by atoms with Crippen molar-refractivity contribution < 1.29 is 28.3 Å². The molecule has 2 amide bonds. The smallest absolute Gasteiger partial charge is 0.293 e. The molecule has 0 unspecified atom stereocenters. The van der Waals surface area contributed by atoms with Gasteiger partial charge in [0.05, 0.1) is 17.4 Å². The molecule has 1 aromatic heterocycles. The maximum atomic E-state index is 13.0. The van der Waals surface area contributed by atoms with Gasteiger partial charge in [-0.15, -0.1) is 0 Å². The minimum Gasteiger partial charge on any atom is -0.545 e. The van der Waals surface area contributed by atoms with Crippen molar-refractivity contribution in [2.75, 3.05) is 0 Å². The molecule has 0 saturated carbocycles. The molecule has 8 heteroatoms. The molecule has 2 aromatic carbocycles. The summed E-state index contributed by atoms with van der Waals surface area (Å²) in [6, 6.07) is 14.9. The lowest BCUT2D eigenvalue weighted by atomic mass is 10.1. The number of hydrogen-bond acceptors (Lipinski definition) is 6. The van der Waals surface area contributed by atoms with E-state index in [9.17, 15) is 23.9 Å². The van der Waals surface area contributed by atoms with E-state index in [2.05, 4.69) is 0 Å². The van der Waals surface area contributed by atoms with Gasteiger partial charge in [-0.2, -0.15) is 0 Å². The molecule has 0 N–H and O–H groups in total. The number of thioether (sulfide) groups is 1. The number of imide groups is 1. The monoisotopic (exact) mass is 422 g/mol. The fourth-order valence-electron chi connectivity index (χ4n) is 2.92. The quantitative estimate of drug-likeness (QED) is 0.583. The predicted molar refractivity (Wildman–Crippen MR) is 106 cm³/mol. The molecule has 1 aliphatic heterocycles. The Balaban J connectivity index is 1.53. The molecule has 30 heavy (non-hydrogen) atoms. The first-order valence-electron chi connectivity index (χ1n) is 8.82. The Morgan fingerprint density at radius 1 is 1.10 bits per heavy atom. The van der Waals surface area contributed by atoms with Crippen molar-refractivity contribution in [3.05, 3.63) is 88.3 Å². The SMILES string of the molecule is O=C([O-])c1cccc(-c2ccc(/C=C3/SC(=O)N(Cc4ccc(F)cc4)C3=O)o2)c1. The van der Waals surface area contributed by atoms with Gasteiger partial charge in [-0.25, -0.2) is 4.39 Å². The van der Waals surface area contributed by atoms with Crippen LogP contribution in [0.15, 0.2) is 70.0 Å². The summed E-state index contributed by atoms with van der Waals surface area (Å²) in [4.78, 5) is 37.2. The molecule has 150 valence electrons. The van der Waals surface area contributed by atoms with Crippen molar-refractivity contribution >= 4 is 35.0 Å². The minimum absolute atomic E-state index is 0.0207. The number of furan rings is 1. The highest BCUT2D eigenvalue weighted by molar-refractivity contribution is 8.18. The molecule has 1 aliphatic rings. The number of benzene rings is 2. The van der Waals surface area contributed by atoms with E-state index in [0.29, 0.717) is 22.6 Å². The zero-order chi connectivity index (χ0) is 21.3. The Labute approximate surface area is 174 Å². The van der Waals surface area contributed by atoms with Gasteiger partial charge in [-0.3, -0.25) is 14.5 Å². The van der Waals surface area contributed by atoms with Gasteiger partial charge in [0.1, 0.15) is 17.3 Å². The molecule has 1 fully saturated rings. The summed E-state index contributed by atoms with van der Waals surface area (Å²) in [5.74, 6) is -1.40. The number of nitrogens with zero attached hydrogens (tertiary/aromatic N) is 1. The predicted octanol–water partition coefficient (Wildman–Crippen LogP) is 3.69. The van der Waals surface area contributed by atoms with Crippen molar-refractivity contribution in [3.63, 3.8) is 0 Å². The van der Waals surface area contributed by atoms with Gasteiger partial charge < -0.3 is 14.3 Å². The second kappa shape index (κ2) is 8.00. The second-order valence-corrected chi connectivity index (χ2v) is 7.46. The van der Waals surface area contributed by atoms with E-state index in [-0.39, 0.29) is 17.0 Å². The van der Waals surface area contributed by atoms with Crippen LogP contribution in [0.3, 0.4) is 0 Å². The molecule has 2 heterocycles. The van der Waals surface area contributed by atoms with Crippen molar-refractivity contribution in [2.45, 2.75) is 6.54 Å². The van der Waals surface area contributed by atoms with Gasteiger partial charge in [0, 0.05) is 11.6 Å². The number of rotatable bonds is 5. The number of carbonyl (C=O) groups excluding carboxylic acids is 3. The molecule has 0 atom stereocenters. The lowest BCUT2D eigenvalue weighted by Crippen LogP contribution is -2.27. The van der Waals surface area contributed by atoms with Gasteiger partial charge >= 0.3 is 0 Å². The highest BCUT2D eigenvalue weighted by Crippen LogP contribution is 2.34. The Bertz CT molecular complexity index is 1180. The average Bonchev–Trinajstić information content (AvgIpc) is 3.30. The molecule has 0 radical (unpaired) electrons. The Morgan fingerprint density at radius 3 is 2.60 bits per heavy atom. The van der Waals surface area contributed by atoms with Crippen LogP contribution in [0.2, 0.25) is 0 Å². The summed E-state index contributed by atoms with van der Waals surface area (Å²) in [5.41, 5.74) is 1.20. The van der Waals surface area contributed by atoms with E-state index in [1.54, 1.807) is 24.3 Å². The standard InChI is InChI=1S/C22H14FNO5S/c23-16-6-4-13(5-7-16)12-24-20(25)19(30-22(24)28)11-17-8-9-18(29-17)14-2-1-3-15(10-14)21(26)27/h1-11H,12H2,(H,26,27)/p-1/b19-11+. The molecule has 0 spiro atoms. The van der Waals surface area contributed by atoms with Crippen LogP contribution >= 0.6 is 11.8 Å². The number of carboxylic acid groups (broad SMARTS) is 1. The van der Waals surface area contributed by atoms with Crippen molar-refractivity contribution in [1.82, 2.24) is 4.90 Å². The Kier molecular flexibility index (Phi) is 5.24. The highest BCUT2D eigenvalue weighted by atomic mass is 32.2. The first-order valence-corrected chi connectivity index (χ1v) is 9.64. The van der Waals surface area contributed by atoms with Gasteiger partial charge in [0.2, 0.25) is 0 Å². The molecule has 3 aromatic rings. The van der Waals surface area contributed by atoms with Gasteiger partial charge in [0.15, 0.2) is 0 Å². The van der Waals surface area contributed by atoms with Gasteiger partial charge in [-0.1, -0.05) is 30.3 Å². The Morgan fingerprint density at radius 2 is 1.87 bits per heavy atom. The van der Waals surface area contributed by atoms with Crippen molar-refractivity contribution in [2.24, 2.45) is 0 Å². The summed E-state index contributed by atoms with van der Waals surface area (Å²) >= 11 is 0.789. The number of carboxylic acids is 1. The summed E-state index contributed by atoms with van der Waals surface area (Å²) < 4.78 is 18.7. The van der Waals surface area contributed by atoms with Crippen LogP contribution < -0.4 is 5.11 Å². The largest absolute Gasteiger partial charge is 0.545 e. The number of halogens is 1. The topological polar surface area (TPSA) is 90.6 Å². The van der Waals surface area contributed by atoms with Crippen LogP contribution in [-0.4, -0.2) is 22.0 Å². The van der Waals surface area contributed by atoms with Crippen LogP contribution in [0.5, 0.6) is 0 Å². The molecule has 4 rings (SSSR count). The van der Waals surface area contributed by atoms with E-state index < -0.39 is 22.9 Å². The van der Waals surface area contributed by atoms with Gasteiger partial charge in [-0.05, 0) is 53.2 Å². The molecular formula is C22H13FNO5S-. The maximum Gasteiger partial charge on any atom is 0.293 e. The third-order valence-corrected chi connectivity index (χ3v) is 5.32.